The van der Waals surface area contributed by atoms with Gasteiger partial charge in [0.05, 0.1) is 13.2 Å². The third kappa shape index (κ3) is 3.73. The fourth-order valence-corrected chi connectivity index (χ4v) is 5.35. The molecule has 0 amide bonds. The van der Waals surface area contributed by atoms with Crippen molar-refractivity contribution in [1.82, 2.24) is 4.90 Å². The number of hydrogen-bond donors (Lipinski definition) is 1. The average molecular weight is 359 g/mol. The predicted octanol–water partition coefficient (Wildman–Crippen LogP) is 3.96. The molecule has 3 atom stereocenters. The molecule has 25 heavy (non-hydrogen) atoms. The first-order chi connectivity index (χ1) is 12.2. The molecule has 5 heteroatoms. The summed E-state index contributed by atoms with van der Waals surface area (Å²) >= 11 is 1.79. The molecule has 2 aromatic rings. The maximum atomic E-state index is 11.2. The van der Waals surface area contributed by atoms with Gasteiger partial charge < -0.3 is 9.84 Å². The van der Waals surface area contributed by atoms with Crippen LogP contribution < -0.4 is 0 Å². The summed E-state index contributed by atoms with van der Waals surface area (Å²) in [7, 11) is 0. The molecule has 2 heterocycles. The number of rotatable bonds is 4. The predicted molar refractivity (Wildman–Crippen MR) is 100 cm³/mol. The number of fused-ring (bicyclic) bond motifs is 1. The van der Waals surface area contributed by atoms with Gasteiger partial charge in [-0.2, -0.15) is 0 Å². The molecule has 3 unspecified atom stereocenters. The molecular formula is C20H25NO3S. The van der Waals surface area contributed by atoms with Crippen LogP contribution in [0.15, 0.2) is 29.6 Å². The molecule has 4 rings (SSSR count). The Morgan fingerprint density at radius 1 is 1.24 bits per heavy atom. The lowest BCUT2D eigenvalue weighted by Gasteiger charge is -2.44. The largest absolute Gasteiger partial charge is 0.481 e. The summed E-state index contributed by atoms with van der Waals surface area (Å²) in [6, 6.07) is 9.51. The van der Waals surface area contributed by atoms with Crippen LogP contribution in [0.3, 0.4) is 0 Å². The minimum absolute atomic E-state index is 0.298. The molecule has 1 aliphatic carbocycles. The van der Waals surface area contributed by atoms with Crippen molar-refractivity contribution >= 4 is 27.4 Å². The van der Waals surface area contributed by atoms with Crippen molar-refractivity contribution in [3.63, 3.8) is 0 Å². The lowest BCUT2D eigenvalue weighted by atomic mass is 9.73. The lowest BCUT2D eigenvalue weighted by Crippen LogP contribution is -2.48. The van der Waals surface area contributed by atoms with Gasteiger partial charge in [-0.3, -0.25) is 9.69 Å². The van der Waals surface area contributed by atoms with Crippen LogP contribution in [0.25, 0.3) is 10.1 Å². The van der Waals surface area contributed by atoms with E-state index in [1.54, 1.807) is 11.3 Å². The SMILES string of the molecule is O=C(O)CC1CCC(c2ccc3sccc3c2)C(N2CCOCC2)C1. The number of carboxylic acids is 1. The Bertz CT molecular complexity index is 737. The highest BCUT2D eigenvalue weighted by atomic mass is 32.1. The van der Waals surface area contributed by atoms with Gasteiger partial charge in [0.2, 0.25) is 0 Å². The molecule has 134 valence electrons. The van der Waals surface area contributed by atoms with Crippen molar-refractivity contribution in [2.75, 3.05) is 26.3 Å². The van der Waals surface area contributed by atoms with Gasteiger partial charge in [-0.1, -0.05) is 6.07 Å². The van der Waals surface area contributed by atoms with Gasteiger partial charge in [-0.25, -0.2) is 0 Å². The summed E-state index contributed by atoms with van der Waals surface area (Å²) in [6.07, 6.45) is 3.38. The first-order valence-corrected chi connectivity index (χ1v) is 10.1. The average Bonchev–Trinajstić information content (AvgIpc) is 3.09. The van der Waals surface area contributed by atoms with Gasteiger partial charge in [0.15, 0.2) is 0 Å². The third-order valence-corrected chi connectivity index (χ3v) is 6.71. The number of aliphatic carboxylic acids is 1. The van der Waals surface area contributed by atoms with Crippen LogP contribution >= 0.6 is 11.3 Å². The summed E-state index contributed by atoms with van der Waals surface area (Å²) < 4.78 is 6.87. The number of carbonyl (C=O) groups is 1. The van der Waals surface area contributed by atoms with Crippen molar-refractivity contribution in [2.24, 2.45) is 5.92 Å². The smallest absolute Gasteiger partial charge is 0.303 e. The zero-order chi connectivity index (χ0) is 17.2. The van der Waals surface area contributed by atoms with E-state index in [4.69, 9.17) is 4.74 Å². The molecule has 1 saturated carbocycles. The Balaban J connectivity index is 1.60. The summed E-state index contributed by atoms with van der Waals surface area (Å²) in [5.41, 5.74) is 1.41. The summed E-state index contributed by atoms with van der Waals surface area (Å²) in [5, 5.41) is 12.7. The standard InChI is InChI=1S/C20H25NO3S/c22-20(23)12-14-1-3-17(18(11-14)21-6-8-24-9-7-21)15-2-4-19-16(13-15)5-10-25-19/h2,4-5,10,13-14,17-18H,1,3,6-9,11-12H2,(H,22,23). The van der Waals surface area contributed by atoms with Crippen molar-refractivity contribution in [1.29, 1.82) is 0 Å². The monoisotopic (exact) mass is 359 g/mol. The Hall–Kier alpha value is -1.43. The molecule has 0 spiro atoms. The Kier molecular flexibility index (Phi) is 5.06. The second-order valence-electron chi connectivity index (χ2n) is 7.32. The molecule has 1 aliphatic heterocycles. The molecule has 1 N–H and O–H groups in total. The van der Waals surface area contributed by atoms with E-state index in [-0.39, 0.29) is 0 Å². The maximum Gasteiger partial charge on any atom is 0.303 e. The fourth-order valence-electron chi connectivity index (χ4n) is 4.58. The highest BCUT2D eigenvalue weighted by molar-refractivity contribution is 7.17. The van der Waals surface area contributed by atoms with E-state index in [2.05, 4.69) is 34.5 Å². The number of carboxylic acid groups (broad SMARTS) is 1. The number of morpholine rings is 1. The maximum absolute atomic E-state index is 11.2. The van der Waals surface area contributed by atoms with Crippen molar-refractivity contribution in [3.8, 4) is 0 Å². The second-order valence-corrected chi connectivity index (χ2v) is 8.26. The van der Waals surface area contributed by atoms with E-state index in [9.17, 15) is 9.90 Å². The van der Waals surface area contributed by atoms with Gasteiger partial charge in [0.25, 0.3) is 0 Å². The highest BCUT2D eigenvalue weighted by Crippen LogP contribution is 2.41. The molecule has 1 saturated heterocycles. The van der Waals surface area contributed by atoms with Crippen LogP contribution in [0.2, 0.25) is 0 Å². The third-order valence-electron chi connectivity index (χ3n) is 5.81. The van der Waals surface area contributed by atoms with Gasteiger partial charge >= 0.3 is 5.97 Å². The van der Waals surface area contributed by atoms with Crippen molar-refractivity contribution in [3.05, 3.63) is 35.2 Å². The van der Waals surface area contributed by atoms with Gasteiger partial charge in [0.1, 0.15) is 0 Å². The van der Waals surface area contributed by atoms with Crippen molar-refractivity contribution < 1.29 is 14.6 Å². The van der Waals surface area contributed by atoms with Crippen LogP contribution in [-0.2, 0) is 9.53 Å². The molecule has 1 aromatic heterocycles. The highest BCUT2D eigenvalue weighted by Gasteiger charge is 2.36. The molecule has 0 bridgehead atoms. The minimum atomic E-state index is -0.663. The molecule has 2 aliphatic rings. The fraction of sp³-hybridized carbons (Fsp3) is 0.550. The van der Waals surface area contributed by atoms with E-state index in [0.717, 1.165) is 45.6 Å². The lowest BCUT2D eigenvalue weighted by molar-refractivity contribution is -0.138. The van der Waals surface area contributed by atoms with Crippen molar-refractivity contribution in [2.45, 2.75) is 37.6 Å². The Morgan fingerprint density at radius 3 is 2.88 bits per heavy atom. The number of ether oxygens (including phenoxy) is 1. The van der Waals surface area contributed by atoms with E-state index in [1.807, 2.05) is 0 Å². The summed E-state index contributed by atoms with van der Waals surface area (Å²) in [5.74, 6) is 0.128. The molecule has 4 nitrogen and oxygen atoms in total. The number of nitrogens with zero attached hydrogens (tertiary/aromatic N) is 1. The molecule has 0 radical (unpaired) electrons. The van der Waals surface area contributed by atoms with Crippen LogP contribution in [-0.4, -0.2) is 48.3 Å². The first kappa shape index (κ1) is 17.0. The van der Waals surface area contributed by atoms with Gasteiger partial charge in [-0.15, -0.1) is 11.3 Å². The van der Waals surface area contributed by atoms with E-state index < -0.39 is 5.97 Å². The van der Waals surface area contributed by atoms with Crippen LogP contribution in [0.5, 0.6) is 0 Å². The second kappa shape index (κ2) is 7.44. The zero-order valence-electron chi connectivity index (χ0n) is 14.4. The minimum Gasteiger partial charge on any atom is -0.481 e. The molecule has 1 aromatic carbocycles. The molecular weight excluding hydrogens is 334 g/mol. The number of hydrogen-bond acceptors (Lipinski definition) is 4. The summed E-state index contributed by atoms with van der Waals surface area (Å²) in [6.45, 7) is 3.50. The Morgan fingerprint density at radius 2 is 2.08 bits per heavy atom. The van der Waals surface area contributed by atoms with E-state index >= 15 is 0 Å². The Labute approximate surface area is 152 Å². The topological polar surface area (TPSA) is 49.8 Å². The van der Waals surface area contributed by atoms with Gasteiger partial charge in [0, 0.05) is 30.3 Å². The van der Waals surface area contributed by atoms with Crippen LogP contribution in [0.1, 0.15) is 37.2 Å². The number of thiophene rings is 1. The van der Waals surface area contributed by atoms with Crippen LogP contribution in [0, 0.1) is 5.92 Å². The van der Waals surface area contributed by atoms with E-state index in [1.165, 1.54) is 15.6 Å². The quantitative estimate of drug-likeness (QED) is 0.898. The first-order valence-electron chi connectivity index (χ1n) is 9.21. The van der Waals surface area contributed by atoms with Gasteiger partial charge in [-0.05, 0) is 65.6 Å². The van der Waals surface area contributed by atoms with E-state index in [0.29, 0.717) is 24.3 Å². The van der Waals surface area contributed by atoms with Crippen LogP contribution in [0.4, 0.5) is 0 Å². The summed E-state index contributed by atoms with van der Waals surface area (Å²) in [4.78, 5) is 13.7. The number of benzene rings is 1. The normalized spacial score (nSPS) is 28.2. The zero-order valence-corrected chi connectivity index (χ0v) is 15.2. The molecule has 2 fully saturated rings.